The van der Waals surface area contributed by atoms with E-state index < -0.39 is 0 Å². The maximum Gasteiger partial charge on any atom is 0.00993 e. The number of rotatable bonds is 6. The van der Waals surface area contributed by atoms with Crippen LogP contribution in [0.4, 0.5) is 0 Å². The Balaban J connectivity index is 2.08. The summed E-state index contributed by atoms with van der Waals surface area (Å²) in [6.07, 6.45) is 4.10. The second-order valence-electron chi connectivity index (χ2n) is 5.14. The molecule has 2 heteroatoms. The van der Waals surface area contributed by atoms with Crippen molar-refractivity contribution in [1.29, 1.82) is 0 Å². The van der Waals surface area contributed by atoms with Gasteiger partial charge in [0.2, 0.25) is 0 Å². The summed E-state index contributed by atoms with van der Waals surface area (Å²) in [7, 11) is 0. The molecular weight excluding hydrogens is 160 g/mol. The predicted molar refractivity (Wildman–Crippen MR) is 57.6 cm³/mol. The lowest BCUT2D eigenvalue weighted by molar-refractivity contribution is 0.346. The van der Waals surface area contributed by atoms with E-state index >= 15 is 0 Å². The van der Waals surface area contributed by atoms with Crippen molar-refractivity contribution in [3.05, 3.63) is 0 Å². The van der Waals surface area contributed by atoms with Crippen LogP contribution in [-0.2, 0) is 0 Å². The molecule has 2 atom stereocenters. The van der Waals surface area contributed by atoms with Crippen molar-refractivity contribution < 1.29 is 0 Å². The van der Waals surface area contributed by atoms with Crippen LogP contribution in [0.25, 0.3) is 0 Å². The Bertz CT molecular complexity index is 154. The molecule has 3 N–H and O–H groups in total. The van der Waals surface area contributed by atoms with Gasteiger partial charge in [0, 0.05) is 12.6 Å². The fourth-order valence-corrected chi connectivity index (χ4v) is 1.67. The van der Waals surface area contributed by atoms with Crippen molar-refractivity contribution in [3.63, 3.8) is 0 Å². The fourth-order valence-electron chi connectivity index (χ4n) is 1.67. The molecule has 0 radical (unpaired) electrons. The van der Waals surface area contributed by atoms with Gasteiger partial charge in [-0.15, -0.1) is 0 Å². The first-order chi connectivity index (χ1) is 6.09. The minimum absolute atomic E-state index is 0.263. The highest BCUT2D eigenvalue weighted by molar-refractivity contribution is 4.93. The number of nitrogens with two attached hydrogens (primary N) is 1. The van der Waals surface area contributed by atoms with Crippen LogP contribution in [0.15, 0.2) is 0 Å². The van der Waals surface area contributed by atoms with E-state index in [0.717, 1.165) is 25.0 Å². The lowest BCUT2D eigenvalue weighted by Crippen LogP contribution is -2.36. The third-order valence-corrected chi connectivity index (χ3v) is 2.98. The SMILES string of the molecule is CCCC1CC1NCC(C)(C)CN. The van der Waals surface area contributed by atoms with E-state index in [0.29, 0.717) is 0 Å². The molecule has 1 aliphatic carbocycles. The summed E-state index contributed by atoms with van der Waals surface area (Å²) in [5, 5.41) is 3.60. The average molecular weight is 184 g/mol. The fraction of sp³-hybridized carbons (Fsp3) is 1.00. The van der Waals surface area contributed by atoms with E-state index in [1.54, 1.807) is 0 Å². The van der Waals surface area contributed by atoms with E-state index in [1.807, 2.05) is 0 Å². The first-order valence-corrected chi connectivity index (χ1v) is 5.52. The van der Waals surface area contributed by atoms with Gasteiger partial charge in [-0.3, -0.25) is 0 Å². The molecular formula is C11H24N2. The summed E-state index contributed by atoms with van der Waals surface area (Å²) in [5.74, 6) is 0.957. The molecule has 0 aromatic rings. The largest absolute Gasteiger partial charge is 0.330 e. The zero-order valence-corrected chi connectivity index (χ0v) is 9.27. The maximum atomic E-state index is 5.67. The Hall–Kier alpha value is -0.0800. The molecule has 0 amide bonds. The van der Waals surface area contributed by atoms with Crippen LogP contribution in [-0.4, -0.2) is 19.1 Å². The molecule has 1 rings (SSSR count). The van der Waals surface area contributed by atoms with Crippen molar-refractivity contribution in [2.24, 2.45) is 17.1 Å². The Morgan fingerprint density at radius 2 is 2.15 bits per heavy atom. The third kappa shape index (κ3) is 3.65. The van der Waals surface area contributed by atoms with E-state index in [2.05, 4.69) is 26.1 Å². The van der Waals surface area contributed by atoms with Gasteiger partial charge < -0.3 is 11.1 Å². The lowest BCUT2D eigenvalue weighted by Gasteiger charge is -2.22. The molecule has 0 bridgehead atoms. The van der Waals surface area contributed by atoms with Crippen LogP contribution in [0.1, 0.15) is 40.0 Å². The molecule has 0 heterocycles. The molecule has 0 aromatic heterocycles. The van der Waals surface area contributed by atoms with Crippen molar-refractivity contribution in [1.82, 2.24) is 5.32 Å². The molecule has 0 spiro atoms. The van der Waals surface area contributed by atoms with Gasteiger partial charge in [-0.25, -0.2) is 0 Å². The number of nitrogens with one attached hydrogen (secondary N) is 1. The monoisotopic (exact) mass is 184 g/mol. The molecule has 0 saturated heterocycles. The normalized spacial score (nSPS) is 27.7. The molecule has 1 fully saturated rings. The molecule has 1 saturated carbocycles. The highest BCUT2D eigenvalue weighted by Crippen LogP contribution is 2.34. The second kappa shape index (κ2) is 4.43. The van der Waals surface area contributed by atoms with E-state index in [1.165, 1.54) is 19.3 Å². The molecule has 0 aliphatic heterocycles. The maximum absolute atomic E-state index is 5.67. The van der Waals surface area contributed by atoms with E-state index in [4.69, 9.17) is 5.73 Å². The summed E-state index contributed by atoms with van der Waals surface area (Å²) < 4.78 is 0. The summed E-state index contributed by atoms with van der Waals surface area (Å²) >= 11 is 0. The lowest BCUT2D eigenvalue weighted by atomic mass is 9.94. The highest BCUT2D eigenvalue weighted by Gasteiger charge is 2.36. The summed E-state index contributed by atoms with van der Waals surface area (Å²) in [4.78, 5) is 0. The van der Waals surface area contributed by atoms with E-state index in [9.17, 15) is 0 Å². The summed E-state index contributed by atoms with van der Waals surface area (Å²) in [6, 6.07) is 0.797. The molecule has 78 valence electrons. The van der Waals surface area contributed by atoms with Crippen molar-refractivity contribution in [2.75, 3.05) is 13.1 Å². The second-order valence-corrected chi connectivity index (χ2v) is 5.14. The Morgan fingerprint density at radius 3 is 2.69 bits per heavy atom. The van der Waals surface area contributed by atoms with Gasteiger partial charge in [-0.05, 0) is 30.7 Å². The summed E-state index contributed by atoms with van der Waals surface area (Å²) in [5.41, 5.74) is 5.93. The highest BCUT2D eigenvalue weighted by atomic mass is 15.0. The van der Waals surface area contributed by atoms with Gasteiger partial charge >= 0.3 is 0 Å². The minimum atomic E-state index is 0.263. The Morgan fingerprint density at radius 1 is 1.46 bits per heavy atom. The van der Waals surface area contributed by atoms with Gasteiger partial charge in [0.25, 0.3) is 0 Å². The molecule has 2 nitrogen and oxygen atoms in total. The standard InChI is InChI=1S/C11H24N2/c1-4-5-9-6-10(9)13-8-11(2,3)7-12/h9-10,13H,4-8,12H2,1-3H3. The van der Waals surface area contributed by atoms with Crippen LogP contribution in [0.2, 0.25) is 0 Å². The van der Waals surface area contributed by atoms with Gasteiger partial charge in [0.15, 0.2) is 0 Å². The van der Waals surface area contributed by atoms with Gasteiger partial charge in [-0.1, -0.05) is 27.2 Å². The van der Waals surface area contributed by atoms with Crippen molar-refractivity contribution >= 4 is 0 Å². The number of hydrogen-bond acceptors (Lipinski definition) is 2. The smallest absolute Gasteiger partial charge is 0.00993 e. The van der Waals surface area contributed by atoms with Crippen LogP contribution in [0, 0.1) is 11.3 Å². The van der Waals surface area contributed by atoms with Crippen LogP contribution >= 0.6 is 0 Å². The molecule has 2 unspecified atom stereocenters. The van der Waals surface area contributed by atoms with Crippen LogP contribution in [0.5, 0.6) is 0 Å². The average Bonchev–Trinajstić information content (AvgIpc) is 2.82. The minimum Gasteiger partial charge on any atom is -0.330 e. The van der Waals surface area contributed by atoms with E-state index in [-0.39, 0.29) is 5.41 Å². The summed E-state index contributed by atoms with van der Waals surface area (Å²) in [6.45, 7) is 8.53. The molecule has 1 aliphatic rings. The zero-order chi connectivity index (χ0) is 9.90. The van der Waals surface area contributed by atoms with Crippen molar-refractivity contribution in [3.8, 4) is 0 Å². The van der Waals surface area contributed by atoms with Crippen LogP contribution < -0.4 is 11.1 Å². The van der Waals surface area contributed by atoms with Gasteiger partial charge in [-0.2, -0.15) is 0 Å². The van der Waals surface area contributed by atoms with Gasteiger partial charge in [0.05, 0.1) is 0 Å². The quantitative estimate of drug-likeness (QED) is 0.660. The third-order valence-electron chi connectivity index (χ3n) is 2.98. The molecule has 0 aromatic carbocycles. The predicted octanol–water partition coefficient (Wildman–Crippen LogP) is 1.75. The topological polar surface area (TPSA) is 38.0 Å². The Kier molecular flexibility index (Phi) is 3.74. The first-order valence-electron chi connectivity index (χ1n) is 5.52. The number of hydrogen-bond donors (Lipinski definition) is 2. The van der Waals surface area contributed by atoms with Gasteiger partial charge in [0.1, 0.15) is 0 Å². The Labute approximate surface area is 82.3 Å². The first kappa shape index (κ1) is 11.0. The molecule has 13 heavy (non-hydrogen) atoms. The van der Waals surface area contributed by atoms with Crippen molar-refractivity contribution in [2.45, 2.75) is 46.1 Å². The zero-order valence-electron chi connectivity index (χ0n) is 9.27. The van der Waals surface area contributed by atoms with Crippen LogP contribution in [0.3, 0.4) is 0 Å².